The molecule has 0 amide bonds. The first-order valence-electron chi connectivity index (χ1n) is 11.9. The van der Waals surface area contributed by atoms with E-state index in [1.54, 1.807) is 0 Å². The van der Waals surface area contributed by atoms with Gasteiger partial charge in [0, 0.05) is 29.6 Å². The van der Waals surface area contributed by atoms with Crippen LogP contribution in [0.2, 0.25) is 0 Å². The summed E-state index contributed by atoms with van der Waals surface area (Å²) in [5.41, 5.74) is 3.06. The van der Waals surface area contributed by atoms with Crippen molar-refractivity contribution in [1.82, 2.24) is 25.6 Å². The van der Waals surface area contributed by atoms with Crippen molar-refractivity contribution in [2.75, 3.05) is 13.1 Å². The van der Waals surface area contributed by atoms with Crippen molar-refractivity contribution >= 4 is 18.0 Å². The van der Waals surface area contributed by atoms with Crippen LogP contribution in [-0.4, -0.2) is 51.2 Å². The third kappa shape index (κ3) is 3.89. The zero-order chi connectivity index (χ0) is 22.8. The first-order valence-corrected chi connectivity index (χ1v) is 11.9. The molecule has 8 heteroatoms. The number of fused-ring (bicyclic) bond motifs is 2. The summed E-state index contributed by atoms with van der Waals surface area (Å²) in [7, 11) is 0. The third-order valence-electron chi connectivity index (χ3n) is 6.95. The van der Waals surface area contributed by atoms with Gasteiger partial charge >= 0.3 is 0 Å². The Kier molecular flexibility index (Phi) is 5.41. The lowest BCUT2D eigenvalue weighted by Gasteiger charge is -2.34. The number of hydrazone groups is 1. The molecule has 2 bridgehead atoms. The normalized spacial score (nSPS) is 24.8. The molecule has 3 aliphatic rings. The van der Waals surface area contributed by atoms with E-state index in [1.165, 1.54) is 37.8 Å². The van der Waals surface area contributed by atoms with Gasteiger partial charge in [0.2, 0.25) is 0 Å². The van der Waals surface area contributed by atoms with Crippen molar-refractivity contribution in [3.8, 4) is 11.5 Å². The summed E-state index contributed by atoms with van der Waals surface area (Å²) >= 11 is 0. The molecular formula is C26H27N7O. The summed E-state index contributed by atoms with van der Waals surface area (Å²) in [6.07, 6.45) is 10.1. The Bertz CT molecular complexity index is 1210. The molecule has 1 unspecified atom stereocenters. The second-order valence-electron chi connectivity index (χ2n) is 9.24. The Morgan fingerprint density at radius 3 is 2.50 bits per heavy atom. The lowest BCUT2D eigenvalue weighted by atomic mass is 9.82. The standard InChI is InChI=1S/C26H27N7O/c1-3-7-20(8-4-1)24-23(19-11-13-22(14-12-19)34-21-9-5-2-6-10-21)15-27-16-26(17-28-33(24)18-26)25-29-31-32-30-25/h2,5-6,9-15,17,20H,1,3-4,7-8,16,18H2,(H,29,30,31,32)/b24-23+,27-15?. The SMILES string of the molecule is C1=NCC2(c3nn[nH]n3)C=NN(C2)/C(C2CCCCC2)=C\1c1ccc(Oc2ccccc2)cc1. The van der Waals surface area contributed by atoms with E-state index in [-0.39, 0.29) is 0 Å². The second kappa shape index (κ2) is 8.85. The van der Waals surface area contributed by atoms with Gasteiger partial charge in [-0.1, -0.05) is 54.8 Å². The lowest BCUT2D eigenvalue weighted by Crippen LogP contribution is -2.40. The van der Waals surface area contributed by atoms with Crippen molar-refractivity contribution < 1.29 is 4.74 Å². The molecule has 1 fully saturated rings. The number of H-pyrrole nitrogens is 1. The maximum Gasteiger partial charge on any atom is 0.189 e. The largest absolute Gasteiger partial charge is 0.457 e. The van der Waals surface area contributed by atoms with Crippen LogP contribution in [0.25, 0.3) is 5.57 Å². The predicted octanol–water partition coefficient (Wildman–Crippen LogP) is 4.61. The number of hydrogen-bond acceptors (Lipinski definition) is 7. The Balaban J connectivity index is 1.36. The minimum atomic E-state index is -0.456. The quantitative estimate of drug-likeness (QED) is 0.609. The van der Waals surface area contributed by atoms with Crippen LogP contribution in [0.3, 0.4) is 0 Å². The van der Waals surface area contributed by atoms with Gasteiger partial charge < -0.3 is 4.74 Å². The van der Waals surface area contributed by atoms with Crippen LogP contribution < -0.4 is 4.74 Å². The van der Waals surface area contributed by atoms with Crippen LogP contribution in [0.4, 0.5) is 0 Å². The van der Waals surface area contributed by atoms with Crippen molar-refractivity contribution in [2.45, 2.75) is 37.5 Å². The molecule has 1 atom stereocenters. The average Bonchev–Trinajstić information content (AvgIpc) is 3.57. The molecule has 2 aromatic carbocycles. The number of nitrogens with one attached hydrogen (secondary N) is 1. The van der Waals surface area contributed by atoms with Crippen molar-refractivity contribution in [3.05, 3.63) is 71.7 Å². The number of hydrogen-bond donors (Lipinski definition) is 1. The molecule has 8 nitrogen and oxygen atoms in total. The Labute approximate surface area is 198 Å². The Morgan fingerprint density at radius 1 is 0.941 bits per heavy atom. The van der Waals surface area contributed by atoms with Crippen LogP contribution in [0.15, 0.2) is 70.4 Å². The van der Waals surface area contributed by atoms with Gasteiger partial charge in [-0.05, 0) is 42.7 Å². The summed E-state index contributed by atoms with van der Waals surface area (Å²) in [5.74, 6) is 2.73. The molecule has 6 rings (SSSR count). The summed E-state index contributed by atoms with van der Waals surface area (Å²) in [6.45, 7) is 1.21. The van der Waals surface area contributed by atoms with E-state index in [1.807, 2.05) is 54.9 Å². The fourth-order valence-corrected chi connectivity index (χ4v) is 5.20. The topological polar surface area (TPSA) is 91.6 Å². The zero-order valence-corrected chi connectivity index (χ0v) is 19.0. The summed E-state index contributed by atoms with van der Waals surface area (Å²) in [5, 5.41) is 22.0. The van der Waals surface area contributed by atoms with Crippen molar-refractivity contribution in [1.29, 1.82) is 0 Å². The highest BCUT2D eigenvalue weighted by Crippen LogP contribution is 2.40. The molecule has 1 aromatic heterocycles. The first-order chi connectivity index (χ1) is 16.8. The molecule has 1 aliphatic carbocycles. The summed E-state index contributed by atoms with van der Waals surface area (Å²) < 4.78 is 6.01. The molecule has 1 saturated carbocycles. The average molecular weight is 454 g/mol. The smallest absolute Gasteiger partial charge is 0.189 e. The highest BCUT2D eigenvalue weighted by molar-refractivity contribution is 6.11. The highest BCUT2D eigenvalue weighted by Gasteiger charge is 2.44. The number of aliphatic imine (C=N–C) groups is 1. The van der Waals surface area contributed by atoms with Gasteiger partial charge in [-0.15, -0.1) is 10.2 Å². The lowest BCUT2D eigenvalue weighted by molar-refractivity contribution is 0.271. The number of ether oxygens (including phenoxy) is 1. The van der Waals surface area contributed by atoms with Gasteiger partial charge in [0.1, 0.15) is 16.9 Å². The van der Waals surface area contributed by atoms with E-state index in [9.17, 15) is 0 Å². The molecule has 0 saturated heterocycles. The molecule has 34 heavy (non-hydrogen) atoms. The number of benzene rings is 2. The molecular weight excluding hydrogens is 426 g/mol. The van der Waals surface area contributed by atoms with Gasteiger partial charge in [0.25, 0.3) is 0 Å². The fourth-order valence-electron chi connectivity index (χ4n) is 5.20. The number of aromatic nitrogens is 4. The minimum Gasteiger partial charge on any atom is -0.457 e. The van der Waals surface area contributed by atoms with E-state index >= 15 is 0 Å². The van der Waals surface area contributed by atoms with Crippen LogP contribution in [-0.2, 0) is 5.41 Å². The minimum absolute atomic E-state index is 0.451. The van der Waals surface area contributed by atoms with Crippen LogP contribution in [0, 0.1) is 5.92 Å². The fraction of sp³-hybridized carbons (Fsp3) is 0.346. The Hall–Kier alpha value is -3.81. The molecule has 3 heterocycles. The van der Waals surface area contributed by atoms with E-state index in [4.69, 9.17) is 14.8 Å². The molecule has 1 N–H and O–H groups in total. The number of aromatic amines is 1. The Morgan fingerprint density at radius 2 is 1.74 bits per heavy atom. The van der Waals surface area contributed by atoms with E-state index in [2.05, 4.69) is 37.8 Å². The highest BCUT2D eigenvalue weighted by atomic mass is 16.5. The van der Waals surface area contributed by atoms with Crippen LogP contribution >= 0.6 is 0 Å². The van der Waals surface area contributed by atoms with Crippen LogP contribution in [0.1, 0.15) is 43.5 Å². The van der Waals surface area contributed by atoms with Gasteiger partial charge in [0.05, 0.1) is 13.1 Å². The summed E-state index contributed by atoms with van der Waals surface area (Å²) in [6, 6.07) is 18.1. The number of allylic oxidation sites excluding steroid dienone is 2. The second-order valence-corrected chi connectivity index (χ2v) is 9.24. The zero-order valence-electron chi connectivity index (χ0n) is 19.0. The number of nitrogens with zero attached hydrogens (tertiary/aromatic N) is 6. The number of tetrazole rings is 1. The maximum atomic E-state index is 6.01. The van der Waals surface area contributed by atoms with E-state index < -0.39 is 5.41 Å². The van der Waals surface area contributed by atoms with Gasteiger partial charge in [0.15, 0.2) is 5.82 Å². The van der Waals surface area contributed by atoms with Gasteiger partial charge in [-0.25, -0.2) is 0 Å². The monoisotopic (exact) mass is 453 g/mol. The number of para-hydroxylation sites is 1. The molecule has 0 radical (unpaired) electrons. The molecule has 2 aliphatic heterocycles. The first kappa shape index (κ1) is 20.8. The van der Waals surface area contributed by atoms with Gasteiger partial charge in [-0.2, -0.15) is 10.3 Å². The van der Waals surface area contributed by atoms with Gasteiger partial charge in [-0.3, -0.25) is 10.0 Å². The van der Waals surface area contributed by atoms with Crippen molar-refractivity contribution in [2.24, 2.45) is 16.0 Å². The predicted molar refractivity (Wildman–Crippen MR) is 131 cm³/mol. The number of rotatable bonds is 5. The molecule has 172 valence electrons. The van der Waals surface area contributed by atoms with Crippen LogP contribution in [0.5, 0.6) is 11.5 Å². The maximum absolute atomic E-state index is 6.01. The van der Waals surface area contributed by atoms with Crippen molar-refractivity contribution in [3.63, 3.8) is 0 Å². The third-order valence-corrected chi connectivity index (χ3v) is 6.95. The molecule has 3 aromatic rings. The van der Waals surface area contributed by atoms with E-state index in [0.717, 1.165) is 22.6 Å². The van der Waals surface area contributed by atoms with E-state index in [0.29, 0.717) is 24.8 Å². The molecule has 0 spiro atoms. The summed E-state index contributed by atoms with van der Waals surface area (Å²) in [4.78, 5) is 4.88.